The van der Waals surface area contributed by atoms with E-state index < -0.39 is 11.6 Å². The van der Waals surface area contributed by atoms with E-state index in [2.05, 4.69) is 10.3 Å². The monoisotopic (exact) mass is 322 g/mol. The molecule has 3 rings (SSSR count). The van der Waals surface area contributed by atoms with E-state index in [-0.39, 0.29) is 11.9 Å². The Kier molecular flexibility index (Phi) is 4.57. The molecule has 116 valence electrons. The minimum atomic E-state index is -0.922. The molecule has 1 heterocycles. The van der Waals surface area contributed by atoms with Crippen molar-refractivity contribution in [2.24, 2.45) is 4.99 Å². The lowest BCUT2D eigenvalue weighted by atomic mass is 9.96. The maximum absolute atomic E-state index is 13.2. The molecule has 0 spiro atoms. The van der Waals surface area contributed by atoms with Crippen molar-refractivity contribution < 1.29 is 13.6 Å². The number of nitrogens with one attached hydrogen (secondary N) is 1. The van der Waals surface area contributed by atoms with E-state index in [0.717, 1.165) is 25.0 Å². The number of carbonyl (C=O) groups excluding carboxylic acids is 1. The maximum Gasteiger partial charge on any atom is 0.264 e. The zero-order chi connectivity index (χ0) is 15.5. The van der Waals surface area contributed by atoms with Crippen molar-refractivity contribution in [3.8, 4) is 0 Å². The Labute approximate surface area is 131 Å². The van der Waals surface area contributed by atoms with Gasteiger partial charge in [0.25, 0.3) is 5.91 Å². The highest BCUT2D eigenvalue weighted by Crippen LogP contribution is 2.28. The Morgan fingerprint density at radius 1 is 1.18 bits per heavy atom. The van der Waals surface area contributed by atoms with Crippen LogP contribution in [0.25, 0.3) is 6.08 Å². The summed E-state index contributed by atoms with van der Waals surface area (Å²) in [6.07, 6.45) is 7.27. The molecule has 0 unspecified atom stereocenters. The number of carbonyl (C=O) groups is 1. The largest absolute Gasteiger partial charge is 0.301 e. The van der Waals surface area contributed by atoms with Crippen molar-refractivity contribution in [3.05, 3.63) is 40.3 Å². The molecule has 0 bridgehead atoms. The van der Waals surface area contributed by atoms with E-state index >= 15 is 0 Å². The van der Waals surface area contributed by atoms with Gasteiger partial charge in [-0.1, -0.05) is 25.3 Å². The van der Waals surface area contributed by atoms with Crippen LogP contribution in [0.1, 0.15) is 37.7 Å². The number of thioether (sulfide) groups is 1. The molecule has 1 amide bonds. The number of benzene rings is 1. The fourth-order valence-corrected chi connectivity index (χ4v) is 3.51. The topological polar surface area (TPSA) is 41.5 Å². The highest BCUT2D eigenvalue weighted by molar-refractivity contribution is 8.18. The third kappa shape index (κ3) is 3.55. The zero-order valence-corrected chi connectivity index (χ0v) is 12.8. The molecule has 0 aromatic heterocycles. The summed E-state index contributed by atoms with van der Waals surface area (Å²) >= 11 is 1.25. The number of amides is 1. The van der Waals surface area contributed by atoms with E-state index in [4.69, 9.17) is 0 Å². The molecule has 0 atom stereocenters. The Hall–Kier alpha value is -1.69. The van der Waals surface area contributed by atoms with Gasteiger partial charge in [-0.15, -0.1) is 0 Å². The van der Waals surface area contributed by atoms with E-state index in [1.807, 2.05) is 0 Å². The molecule has 6 heteroatoms. The fourth-order valence-electron chi connectivity index (χ4n) is 2.62. The van der Waals surface area contributed by atoms with Crippen molar-refractivity contribution >= 4 is 28.9 Å². The zero-order valence-electron chi connectivity index (χ0n) is 11.9. The Bertz CT molecular complexity index is 652. The van der Waals surface area contributed by atoms with E-state index in [0.29, 0.717) is 15.6 Å². The summed E-state index contributed by atoms with van der Waals surface area (Å²) in [5.74, 6) is -2.07. The van der Waals surface area contributed by atoms with Crippen LogP contribution in [0.15, 0.2) is 28.1 Å². The van der Waals surface area contributed by atoms with Crippen LogP contribution >= 0.6 is 11.8 Å². The van der Waals surface area contributed by atoms with Gasteiger partial charge in [0, 0.05) is 0 Å². The minimum Gasteiger partial charge on any atom is -0.301 e. The lowest BCUT2D eigenvalue weighted by Crippen LogP contribution is -2.22. The van der Waals surface area contributed by atoms with Crippen molar-refractivity contribution in [3.63, 3.8) is 0 Å². The van der Waals surface area contributed by atoms with Gasteiger partial charge in [0.05, 0.1) is 10.9 Å². The number of halogens is 2. The third-order valence-electron chi connectivity index (χ3n) is 3.77. The molecule has 2 aliphatic rings. The first kappa shape index (κ1) is 15.2. The van der Waals surface area contributed by atoms with E-state index in [1.165, 1.54) is 37.1 Å². The molecule has 1 aromatic rings. The van der Waals surface area contributed by atoms with Crippen LogP contribution in [0.5, 0.6) is 0 Å². The molecule has 1 N–H and O–H groups in total. The van der Waals surface area contributed by atoms with Crippen LogP contribution in [0.3, 0.4) is 0 Å². The summed E-state index contributed by atoms with van der Waals surface area (Å²) in [5, 5.41) is 3.34. The average Bonchev–Trinajstić information content (AvgIpc) is 2.84. The van der Waals surface area contributed by atoms with Crippen LogP contribution in [0.4, 0.5) is 8.78 Å². The molecular formula is C16H16F2N2OS. The summed E-state index contributed by atoms with van der Waals surface area (Å²) in [4.78, 5) is 17.0. The number of aliphatic imine (C=N–C) groups is 1. The van der Waals surface area contributed by atoms with Crippen LogP contribution in [-0.4, -0.2) is 17.1 Å². The SMILES string of the molecule is O=C1NC(=NC2CCCCC2)S/C1=C\c1ccc(F)c(F)c1. The van der Waals surface area contributed by atoms with Crippen molar-refractivity contribution in [1.82, 2.24) is 5.32 Å². The molecule has 1 aliphatic heterocycles. The van der Waals surface area contributed by atoms with Gasteiger partial charge in [-0.25, -0.2) is 8.78 Å². The summed E-state index contributed by atoms with van der Waals surface area (Å²) in [6.45, 7) is 0. The lowest BCUT2D eigenvalue weighted by molar-refractivity contribution is -0.115. The third-order valence-corrected chi connectivity index (χ3v) is 4.69. The van der Waals surface area contributed by atoms with Gasteiger partial charge in [-0.2, -0.15) is 0 Å². The molecule has 1 aliphatic carbocycles. The number of nitrogens with zero attached hydrogens (tertiary/aromatic N) is 1. The predicted molar refractivity (Wildman–Crippen MR) is 84.4 cm³/mol. The molecule has 0 radical (unpaired) electrons. The van der Waals surface area contributed by atoms with E-state index in [9.17, 15) is 13.6 Å². The Morgan fingerprint density at radius 2 is 1.95 bits per heavy atom. The molecular weight excluding hydrogens is 306 g/mol. The lowest BCUT2D eigenvalue weighted by Gasteiger charge is -2.17. The van der Waals surface area contributed by atoms with E-state index in [1.54, 1.807) is 6.08 Å². The predicted octanol–water partition coefficient (Wildman–Crippen LogP) is 3.86. The van der Waals surface area contributed by atoms with Crippen LogP contribution in [-0.2, 0) is 4.79 Å². The molecule has 1 aromatic carbocycles. The van der Waals surface area contributed by atoms with Crippen LogP contribution in [0, 0.1) is 11.6 Å². The smallest absolute Gasteiger partial charge is 0.264 e. The second kappa shape index (κ2) is 6.60. The van der Waals surface area contributed by atoms with Gasteiger partial charge in [0.2, 0.25) is 0 Å². The van der Waals surface area contributed by atoms with Crippen molar-refractivity contribution in [1.29, 1.82) is 0 Å². The number of amidine groups is 1. The van der Waals surface area contributed by atoms with Gasteiger partial charge in [-0.3, -0.25) is 9.79 Å². The van der Waals surface area contributed by atoms with Crippen molar-refractivity contribution in [2.45, 2.75) is 38.1 Å². The highest BCUT2D eigenvalue weighted by Gasteiger charge is 2.25. The number of hydrogen-bond acceptors (Lipinski definition) is 3. The summed E-state index contributed by atoms with van der Waals surface area (Å²) < 4.78 is 26.1. The molecule has 1 saturated heterocycles. The second-order valence-electron chi connectivity index (χ2n) is 5.46. The summed E-state index contributed by atoms with van der Waals surface area (Å²) in [6, 6.07) is 3.84. The van der Waals surface area contributed by atoms with Gasteiger partial charge in [0.15, 0.2) is 16.8 Å². The summed E-state index contributed by atoms with van der Waals surface area (Å²) in [7, 11) is 0. The first-order valence-corrected chi connectivity index (χ1v) is 8.17. The quantitative estimate of drug-likeness (QED) is 0.840. The standard InChI is InChI=1S/C16H16F2N2OS/c17-12-7-6-10(8-13(12)18)9-14-15(21)20-16(22-14)19-11-4-2-1-3-5-11/h6-9,11H,1-5H2,(H,19,20,21)/b14-9-. The minimum absolute atomic E-state index is 0.246. The number of rotatable bonds is 2. The van der Waals surface area contributed by atoms with Gasteiger partial charge in [0.1, 0.15) is 0 Å². The second-order valence-corrected chi connectivity index (χ2v) is 6.50. The average molecular weight is 322 g/mol. The normalized spacial score (nSPS) is 23.3. The Morgan fingerprint density at radius 3 is 2.68 bits per heavy atom. The summed E-state index contributed by atoms with van der Waals surface area (Å²) in [5.41, 5.74) is 0.454. The van der Waals surface area contributed by atoms with Crippen molar-refractivity contribution in [2.75, 3.05) is 0 Å². The molecule has 22 heavy (non-hydrogen) atoms. The van der Waals surface area contributed by atoms with Gasteiger partial charge in [-0.05, 0) is 48.4 Å². The first-order chi connectivity index (χ1) is 10.6. The van der Waals surface area contributed by atoms with Crippen LogP contribution in [0.2, 0.25) is 0 Å². The first-order valence-electron chi connectivity index (χ1n) is 7.35. The number of hydrogen-bond donors (Lipinski definition) is 1. The molecule has 3 nitrogen and oxygen atoms in total. The van der Waals surface area contributed by atoms with Gasteiger partial charge < -0.3 is 5.32 Å². The van der Waals surface area contributed by atoms with Crippen LogP contribution < -0.4 is 5.32 Å². The van der Waals surface area contributed by atoms with Gasteiger partial charge >= 0.3 is 0 Å². The highest BCUT2D eigenvalue weighted by atomic mass is 32.2. The Balaban J connectivity index is 1.74. The maximum atomic E-state index is 13.2. The fraction of sp³-hybridized carbons (Fsp3) is 0.375. The molecule has 1 saturated carbocycles. The molecule has 2 fully saturated rings.